The summed E-state index contributed by atoms with van der Waals surface area (Å²) in [6, 6.07) is 12.1. The highest BCUT2D eigenvalue weighted by atomic mass is 35.5. The van der Waals surface area contributed by atoms with Crippen molar-refractivity contribution in [1.29, 1.82) is 0 Å². The lowest BCUT2D eigenvalue weighted by Gasteiger charge is -2.26. The molecule has 4 N–H and O–H groups in total. The molecule has 0 radical (unpaired) electrons. The molecule has 0 saturated carbocycles. The van der Waals surface area contributed by atoms with E-state index in [2.05, 4.69) is 32.9 Å². The molecule has 4 rings (SSSR count). The van der Waals surface area contributed by atoms with E-state index in [9.17, 15) is 0 Å². The first-order valence-corrected chi connectivity index (χ1v) is 8.78. The first-order chi connectivity index (χ1) is 12.9. The minimum atomic E-state index is -0.0254. The van der Waals surface area contributed by atoms with Gasteiger partial charge in [-0.2, -0.15) is 15.0 Å². The zero-order valence-corrected chi connectivity index (χ0v) is 15.6. The van der Waals surface area contributed by atoms with Crippen molar-refractivity contribution >= 4 is 51.1 Å². The Morgan fingerprint density at radius 2 is 1.81 bits per heavy atom. The van der Waals surface area contributed by atoms with Crippen molar-refractivity contribution in [3.05, 3.63) is 53.2 Å². The van der Waals surface area contributed by atoms with Crippen LogP contribution in [-0.4, -0.2) is 27.0 Å². The quantitative estimate of drug-likeness (QED) is 0.560. The standard InChI is InChI=1S/C19H18ClN7/c1-10(14-8-12(20)7-11-5-3-4-6-13(11)14)27(2)19-23-9-15-16(21)24-18(22)25-17(15)26-19/h3-10H,1-2H3,(H4,21,22,23,24,25,26). The summed E-state index contributed by atoms with van der Waals surface area (Å²) in [6.45, 7) is 2.08. The van der Waals surface area contributed by atoms with Crippen LogP contribution in [0.4, 0.5) is 17.7 Å². The van der Waals surface area contributed by atoms with E-state index in [1.807, 2.05) is 42.3 Å². The fourth-order valence-electron chi connectivity index (χ4n) is 3.15. The van der Waals surface area contributed by atoms with Crippen LogP contribution >= 0.6 is 11.6 Å². The Kier molecular flexibility index (Phi) is 4.16. The van der Waals surface area contributed by atoms with Gasteiger partial charge in [-0.05, 0) is 35.4 Å². The third-order valence-corrected chi connectivity index (χ3v) is 4.91. The number of nitrogen functional groups attached to an aromatic ring is 2. The van der Waals surface area contributed by atoms with Gasteiger partial charge in [-0.3, -0.25) is 0 Å². The first-order valence-electron chi connectivity index (χ1n) is 8.41. The van der Waals surface area contributed by atoms with Crippen LogP contribution < -0.4 is 16.4 Å². The van der Waals surface area contributed by atoms with E-state index >= 15 is 0 Å². The van der Waals surface area contributed by atoms with E-state index in [-0.39, 0.29) is 17.8 Å². The Bertz CT molecular complexity index is 1160. The highest BCUT2D eigenvalue weighted by Crippen LogP contribution is 2.32. The molecule has 0 aliphatic carbocycles. The molecule has 136 valence electrons. The lowest BCUT2D eigenvalue weighted by Crippen LogP contribution is -2.24. The molecule has 27 heavy (non-hydrogen) atoms. The van der Waals surface area contributed by atoms with Crippen LogP contribution in [0.1, 0.15) is 18.5 Å². The summed E-state index contributed by atoms with van der Waals surface area (Å²) in [5, 5.41) is 3.49. The van der Waals surface area contributed by atoms with Crippen LogP contribution in [0.3, 0.4) is 0 Å². The first kappa shape index (κ1) is 17.2. The van der Waals surface area contributed by atoms with E-state index in [4.69, 9.17) is 23.1 Å². The molecule has 4 aromatic rings. The maximum Gasteiger partial charge on any atom is 0.227 e. The molecule has 0 aliphatic heterocycles. The maximum atomic E-state index is 6.34. The van der Waals surface area contributed by atoms with E-state index in [0.29, 0.717) is 22.0 Å². The summed E-state index contributed by atoms with van der Waals surface area (Å²) >= 11 is 6.34. The van der Waals surface area contributed by atoms with Crippen molar-refractivity contribution in [3.8, 4) is 0 Å². The van der Waals surface area contributed by atoms with Gasteiger partial charge in [0.2, 0.25) is 11.9 Å². The number of nitrogens with two attached hydrogens (primary N) is 2. The Labute approximate surface area is 161 Å². The summed E-state index contributed by atoms with van der Waals surface area (Å²) in [6.07, 6.45) is 1.62. The molecule has 1 atom stereocenters. The van der Waals surface area contributed by atoms with E-state index in [0.717, 1.165) is 16.3 Å². The minimum absolute atomic E-state index is 0.0254. The van der Waals surface area contributed by atoms with Gasteiger partial charge in [0.25, 0.3) is 0 Å². The van der Waals surface area contributed by atoms with Gasteiger partial charge >= 0.3 is 0 Å². The monoisotopic (exact) mass is 379 g/mol. The lowest BCUT2D eigenvalue weighted by atomic mass is 9.99. The predicted octanol–water partition coefficient (Wildman–Crippen LogP) is 3.59. The summed E-state index contributed by atoms with van der Waals surface area (Å²) in [4.78, 5) is 19.0. The number of hydrogen-bond donors (Lipinski definition) is 2. The normalized spacial score (nSPS) is 12.4. The summed E-state index contributed by atoms with van der Waals surface area (Å²) in [5.41, 5.74) is 13.1. The molecule has 0 saturated heterocycles. The van der Waals surface area contributed by atoms with Crippen LogP contribution in [0.25, 0.3) is 21.8 Å². The number of nitrogens with zero attached hydrogens (tertiary/aromatic N) is 5. The topological polar surface area (TPSA) is 107 Å². The number of rotatable bonds is 3. The molecule has 0 bridgehead atoms. The second-order valence-corrected chi connectivity index (χ2v) is 6.81. The van der Waals surface area contributed by atoms with Crippen molar-refractivity contribution in [3.63, 3.8) is 0 Å². The molecule has 2 aromatic heterocycles. The smallest absolute Gasteiger partial charge is 0.227 e. The Balaban J connectivity index is 1.79. The molecule has 2 heterocycles. The van der Waals surface area contributed by atoms with Gasteiger partial charge in [-0.1, -0.05) is 35.9 Å². The van der Waals surface area contributed by atoms with E-state index in [1.54, 1.807) is 6.20 Å². The van der Waals surface area contributed by atoms with Gasteiger partial charge < -0.3 is 16.4 Å². The van der Waals surface area contributed by atoms with Crippen molar-refractivity contribution in [1.82, 2.24) is 19.9 Å². The van der Waals surface area contributed by atoms with Crippen LogP contribution in [0, 0.1) is 0 Å². The second-order valence-electron chi connectivity index (χ2n) is 6.38. The Morgan fingerprint density at radius 3 is 2.63 bits per heavy atom. The Morgan fingerprint density at radius 1 is 1.04 bits per heavy atom. The summed E-state index contributed by atoms with van der Waals surface area (Å²) in [7, 11) is 1.93. The minimum Gasteiger partial charge on any atom is -0.383 e. The highest BCUT2D eigenvalue weighted by Gasteiger charge is 2.19. The third kappa shape index (κ3) is 3.06. The molecule has 0 aliphatic rings. The van der Waals surface area contributed by atoms with Crippen molar-refractivity contribution < 1.29 is 0 Å². The maximum absolute atomic E-state index is 6.34. The van der Waals surface area contributed by atoms with E-state index in [1.165, 1.54) is 0 Å². The van der Waals surface area contributed by atoms with Gasteiger partial charge in [-0.25, -0.2) is 4.98 Å². The predicted molar refractivity (Wildman–Crippen MR) is 110 cm³/mol. The van der Waals surface area contributed by atoms with Crippen molar-refractivity contribution in [2.75, 3.05) is 23.4 Å². The Hall–Kier alpha value is -3.19. The molecule has 1 unspecified atom stereocenters. The van der Waals surface area contributed by atoms with Gasteiger partial charge in [-0.15, -0.1) is 0 Å². The molecule has 0 fully saturated rings. The van der Waals surface area contributed by atoms with Crippen LogP contribution in [-0.2, 0) is 0 Å². The fourth-order valence-corrected chi connectivity index (χ4v) is 3.38. The molecule has 7 nitrogen and oxygen atoms in total. The van der Waals surface area contributed by atoms with Crippen molar-refractivity contribution in [2.24, 2.45) is 0 Å². The van der Waals surface area contributed by atoms with Gasteiger partial charge in [0, 0.05) is 18.3 Å². The second kappa shape index (κ2) is 6.51. The lowest BCUT2D eigenvalue weighted by molar-refractivity contribution is 0.722. The van der Waals surface area contributed by atoms with E-state index < -0.39 is 0 Å². The van der Waals surface area contributed by atoms with Gasteiger partial charge in [0.05, 0.1) is 11.4 Å². The highest BCUT2D eigenvalue weighted by molar-refractivity contribution is 6.31. The van der Waals surface area contributed by atoms with Crippen LogP contribution in [0.5, 0.6) is 0 Å². The molecule has 0 amide bonds. The number of hydrogen-bond acceptors (Lipinski definition) is 7. The molecule has 2 aromatic carbocycles. The molecular weight excluding hydrogens is 362 g/mol. The zero-order valence-electron chi connectivity index (χ0n) is 14.9. The van der Waals surface area contributed by atoms with Gasteiger partial charge in [0.15, 0.2) is 5.65 Å². The molecule has 8 heteroatoms. The number of anilines is 3. The van der Waals surface area contributed by atoms with Gasteiger partial charge in [0.1, 0.15) is 5.82 Å². The number of halogens is 1. The number of aromatic nitrogens is 4. The SMILES string of the molecule is CC(c1cc(Cl)cc2ccccc12)N(C)c1ncc2c(N)nc(N)nc2n1. The molecule has 0 spiro atoms. The van der Waals surface area contributed by atoms with Crippen LogP contribution in [0.15, 0.2) is 42.6 Å². The van der Waals surface area contributed by atoms with Crippen LogP contribution in [0.2, 0.25) is 5.02 Å². The summed E-state index contributed by atoms with van der Waals surface area (Å²) < 4.78 is 0. The number of fused-ring (bicyclic) bond motifs is 2. The largest absolute Gasteiger partial charge is 0.383 e. The molecular formula is C19H18ClN7. The average Bonchev–Trinajstić information content (AvgIpc) is 2.65. The number of benzene rings is 2. The third-order valence-electron chi connectivity index (χ3n) is 4.69. The fraction of sp³-hybridized carbons (Fsp3) is 0.158. The zero-order chi connectivity index (χ0) is 19.1. The summed E-state index contributed by atoms with van der Waals surface area (Å²) in [5.74, 6) is 0.860. The average molecular weight is 380 g/mol. The van der Waals surface area contributed by atoms with Crippen molar-refractivity contribution in [2.45, 2.75) is 13.0 Å².